The Morgan fingerprint density at radius 2 is 1.93 bits per heavy atom. The van der Waals surface area contributed by atoms with Gasteiger partial charge >= 0.3 is 0 Å². The Labute approximate surface area is 106 Å². The fraction of sp³-hybridized carbons (Fsp3) is 0.100. The summed E-state index contributed by atoms with van der Waals surface area (Å²) in [4.78, 5) is 4.47. The fourth-order valence-electron chi connectivity index (χ4n) is 1.08. The molecule has 0 radical (unpaired) electrons. The van der Waals surface area contributed by atoms with Crippen LogP contribution in [0.5, 0.6) is 0 Å². The molecular weight excluding hydrogens is 326 g/mol. The van der Waals surface area contributed by atoms with Crippen LogP contribution in [-0.4, -0.2) is 4.98 Å². The highest BCUT2D eigenvalue weighted by atomic mass is 79.9. The second-order valence-electron chi connectivity index (χ2n) is 2.64. The van der Waals surface area contributed by atoms with Gasteiger partial charge in [-0.2, -0.15) is 0 Å². The van der Waals surface area contributed by atoms with Crippen LogP contribution in [0.1, 0.15) is 5.69 Å². The topological polar surface area (TPSA) is 12.9 Å². The SMILES string of the molecule is Br.BrCc1csc(-c2ccccc2)n1. The van der Waals surface area contributed by atoms with Crippen molar-refractivity contribution in [3.63, 3.8) is 0 Å². The minimum atomic E-state index is 0. The van der Waals surface area contributed by atoms with E-state index in [4.69, 9.17) is 0 Å². The van der Waals surface area contributed by atoms with E-state index in [2.05, 4.69) is 38.4 Å². The van der Waals surface area contributed by atoms with Crippen molar-refractivity contribution in [2.75, 3.05) is 0 Å². The molecule has 0 aliphatic rings. The van der Waals surface area contributed by atoms with E-state index in [1.54, 1.807) is 11.3 Å². The van der Waals surface area contributed by atoms with Gasteiger partial charge in [-0.15, -0.1) is 28.3 Å². The molecule has 0 unspecified atom stereocenters. The standard InChI is InChI=1S/C10H8BrNS.BrH/c11-6-9-7-13-10(12-9)8-4-2-1-3-5-8;/h1-5,7H,6H2;1H. The zero-order valence-electron chi connectivity index (χ0n) is 7.31. The Morgan fingerprint density at radius 3 is 2.50 bits per heavy atom. The summed E-state index contributed by atoms with van der Waals surface area (Å²) >= 11 is 5.07. The maximum absolute atomic E-state index is 4.47. The van der Waals surface area contributed by atoms with Crippen molar-refractivity contribution in [1.29, 1.82) is 0 Å². The zero-order valence-corrected chi connectivity index (χ0v) is 11.4. The Hall–Kier alpha value is -0.190. The molecule has 0 spiro atoms. The molecule has 14 heavy (non-hydrogen) atoms. The molecule has 0 atom stereocenters. The van der Waals surface area contributed by atoms with E-state index >= 15 is 0 Å². The summed E-state index contributed by atoms with van der Waals surface area (Å²) in [6, 6.07) is 10.2. The minimum absolute atomic E-state index is 0. The number of hydrogen-bond donors (Lipinski definition) is 0. The number of benzene rings is 1. The molecule has 0 aliphatic heterocycles. The molecule has 1 aromatic heterocycles. The molecule has 0 saturated carbocycles. The molecule has 2 rings (SSSR count). The van der Waals surface area contributed by atoms with Gasteiger partial charge < -0.3 is 0 Å². The van der Waals surface area contributed by atoms with Gasteiger partial charge in [-0.1, -0.05) is 46.3 Å². The van der Waals surface area contributed by atoms with Crippen LogP contribution >= 0.6 is 44.2 Å². The van der Waals surface area contributed by atoms with Crippen molar-refractivity contribution in [3.8, 4) is 10.6 Å². The summed E-state index contributed by atoms with van der Waals surface area (Å²) in [6.45, 7) is 0. The highest BCUT2D eigenvalue weighted by Crippen LogP contribution is 2.23. The van der Waals surface area contributed by atoms with Crippen molar-refractivity contribution < 1.29 is 0 Å². The molecule has 0 N–H and O–H groups in total. The van der Waals surface area contributed by atoms with Crippen molar-refractivity contribution in [2.24, 2.45) is 0 Å². The van der Waals surface area contributed by atoms with Gasteiger partial charge in [-0.05, 0) is 0 Å². The highest BCUT2D eigenvalue weighted by Gasteiger charge is 2.01. The fourth-order valence-corrected chi connectivity index (χ4v) is 2.41. The first kappa shape index (κ1) is 11.9. The molecule has 0 fully saturated rings. The van der Waals surface area contributed by atoms with Crippen molar-refractivity contribution in [1.82, 2.24) is 4.98 Å². The van der Waals surface area contributed by atoms with Crippen LogP contribution in [0.4, 0.5) is 0 Å². The molecule has 0 saturated heterocycles. The van der Waals surface area contributed by atoms with Crippen LogP contribution in [0.15, 0.2) is 35.7 Å². The first-order valence-corrected chi connectivity index (χ1v) is 5.96. The van der Waals surface area contributed by atoms with Crippen LogP contribution in [-0.2, 0) is 5.33 Å². The first-order chi connectivity index (χ1) is 6.40. The van der Waals surface area contributed by atoms with Crippen LogP contribution in [0, 0.1) is 0 Å². The van der Waals surface area contributed by atoms with Gasteiger partial charge in [0, 0.05) is 16.3 Å². The van der Waals surface area contributed by atoms with Gasteiger partial charge in [-0.25, -0.2) is 4.98 Å². The second kappa shape index (κ2) is 5.63. The number of thiazole rings is 1. The number of aromatic nitrogens is 1. The number of hydrogen-bond acceptors (Lipinski definition) is 2. The maximum Gasteiger partial charge on any atom is 0.123 e. The van der Waals surface area contributed by atoms with Crippen LogP contribution in [0.2, 0.25) is 0 Å². The Balaban J connectivity index is 0.000000980. The summed E-state index contributed by atoms with van der Waals surface area (Å²) in [5.74, 6) is 0. The highest BCUT2D eigenvalue weighted by molar-refractivity contribution is 9.08. The van der Waals surface area contributed by atoms with Crippen LogP contribution < -0.4 is 0 Å². The number of halogens is 2. The molecular formula is C10H9Br2NS. The molecule has 1 aromatic carbocycles. The van der Waals surface area contributed by atoms with Gasteiger partial charge in [0.1, 0.15) is 5.01 Å². The Kier molecular flexibility index (Phi) is 4.78. The van der Waals surface area contributed by atoms with Crippen molar-refractivity contribution in [3.05, 3.63) is 41.4 Å². The van der Waals surface area contributed by atoms with Crippen molar-refractivity contribution >= 4 is 44.2 Å². The molecule has 2 aromatic rings. The average Bonchev–Trinajstić information content (AvgIpc) is 2.67. The lowest BCUT2D eigenvalue weighted by Crippen LogP contribution is -1.77. The number of alkyl halides is 1. The van der Waals surface area contributed by atoms with Gasteiger partial charge in [0.25, 0.3) is 0 Å². The maximum atomic E-state index is 4.47. The lowest BCUT2D eigenvalue weighted by Gasteiger charge is -1.92. The summed E-state index contributed by atoms with van der Waals surface area (Å²) in [6.07, 6.45) is 0. The second-order valence-corrected chi connectivity index (χ2v) is 4.06. The average molecular weight is 335 g/mol. The van der Waals surface area contributed by atoms with Crippen LogP contribution in [0.25, 0.3) is 10.6 Å². The molecule has 0 amide bonds. The summed E-state index contributed by atoms with van der Waals surface area (Å²) in [5, 5.41) is 4.00. The summed E-state index contributed by atoms with van der Waals surface area (Å²) < 4.78 is 0. The third-order valence-corrected chi connectivity index (χ3v) is 3.22. The van der Waals surface area contributed by atoms with Gasteiger partial charge in [0.05, 0.1) is 5.69 Å². The molecule has 0 bridgehead atoms. The molecule has 1 heterocycles. The number of rotatable bonds is 2. The Morgan fingerprint density at radius 1 is 1.21 bits per heavy atom. The van der Waals surface area contributed by atoms with E-state index in [0.29, 0.717) is 0 Å². The zero-order chi connectivity index (χ0) is 9.10. The molecule has 4 heteroatoms. The first-order valence-electron chi connectivity index (χ1n) is 3.96. The monoisotopic (exact) mass is 333 g/mol. The van der Waals surface area contributed by atoms with E-state index in [9.17, 15) is 0 Å². The van der Waals surface area contributed by atoms with E-state index in [-0.39, 0.29) is 17.0 Å². The predicted octanol–water partition coefficient (Wildman–Crippen LogP) is 4.28. The molecule has 0 aliphatic carbocycles. The Bertz CT molecular complexity index is 386. The summed E-state index contributed by atoms with van der Waals surface area (Å²) in [7, 11) is 0. The van der Waals surface area contributed by atoms with Gasteiger partial charge in [0.15, 0.2) is 0 Å². The molecule has 1 nitrogen and oxygen atoms in total. The smallest absolute Gasteiger partial charge is 0.123 e. The normalized spacial score (nSPS) is 9.50. The van der Waals surface area contributed by atoms with E-state index < -0.39 is 0 Å². The number of nitrogens with zero attached hydrogens (tertiary/aromatic N) is 1. The van der Waals surface area contributed by atoms with Gasteiger partial charge in [0.2, 0.25) is 0 Å². The van der Waals surface area contributed by atoms with Gasteiger partial charge in [-0.3, -0.25) is 0 Å². The lowest BCUT2D eigenvalue weighted by atomic mass is 10.2. The third kappa shape index (κ3) is 2.65. The van der Waals surface area contributed by atoms with E-state index in [0.717, 1.165) is 16.0 Å². The third-order valence-electron chi connectivity index (χ3n) is 1.71. The van der Waals surface area contributed by atoms with Crippen molar-refractivity contribution in [2.45, 2.75) is 5.33 Å². The molecule has 74 valence electrons. The largest absolute Gasteiger partial charge is 0.240 e. The predicted molar refractivity (Wildman–Crippen MR) is 70.5 cm³/mol. The quantitative estimate of drug-likeness (QED) is 0.747. The minimum Gasteiger partial charge on any atom is -0.240 e. The lowest BCUT2D eigenvalue weighted by molar-refractivity contribution is 1.25. The van der Waals surface area contributed by atoms with E-state index in [1.807, 2.05) is 18.2 Å². The van der Waals surface area contributed by atoms with E-state index in [1.165, 1.54) is 5.56 Å². The van der Waals surface area contributed by atoms with Crippen LogP contribution in [0.3, 0.4) is 0 Å². The summed E-state index contributed by atoms with van der Waals surface area (Å²) in [5.41, 5.74) is 2.29.